The molecule has 0 aliphatic carbocycles. The summed E-state index contributed by atoms with van der Waals surface area (Å²) in [4.78, 5) is 3.99. The average Bonchev–Trinajstić information content (AvgIpc) is 2.17. The summed E-state index contributed by atoms with van der Waals surface area (Å²) in [6, 6.07) is 11.2. The van der Waals surface area contributed by atoms with Crippen LogP contribution >= 0.6 is 0 Å². The van der Waals surface area contributed by atoms with Crippen LogP contribution in [0.1, 0.15) is 0 Å². The average molecular weight is 200 g/mol. The third-order valence-corrected chi connectivity index (χ3v) is 2.16. The molecule has 6 N–H and O–H groups in total. The van der Waals surface area contributed by atoms with Crippen molar-refractivity contribution in [2.24, 2.45) is 0 Å². The second-order valence-electron chi connectivity index (χ2n) is 3.26. The van der Waals surface area contributed by atoms with Crippen LogP contribution < -0.4 is 17.2 Å². The number of nitrogens with two attached hydrogens (primary N) is 3. The summed E-state index contributed by atoms with van der Waals surface area (Å²) in [6.45, 7) is 0. The maximum absolute atomic E-state index is 5.85. The van der Waals surface area contributed by atoms with Crippen molar-refractivity contribution >= 4 is 17.3 Å². The predicted molar refractivity (Wildman–Crippen MR) is 62.9 cm³/mol. The van der Waals surface area contributed by atoms with Gasteiger partial charge in [0.1, 0.15) is 11.6 Å². The quantitative estimate of drug-likeness (QED) is 0.650. The van der Waals surface area contributed by atoms with Crippen LogP contribution in [0.15, 0.2) is 36.4 Å². The zero-order chi connectivity index (χ0) is 10.8. The summed E-state index contributed by atoms with van der Waals surface area (Å²) in [7, 11) is 0. The van der Waals surface area contributed by atoms with Gasteiger partial charge < -0.3 is 17.2 Å². The molecule has 0 radical (unpaired) electrons. The minimum absolute atomic E-state index is 0.338. The SMILES string of the molecule is Nc1cc(N)c(-c2ccccc2)c(N)n1. The van der Waals surface area contributed by atoms with Crippen molar-refractivity contribution in [2.45, 2.75) is 0 Å². The lowest BCUT2D eigenvalue weighted by atomic mass is 10.1. The van der Waals surface area contributed by atoms with E-state index in [0.29, 0.717) is 17.3 Å². The number of pyridine rings is 1. The number of rotatable bonds is 1. The molecule has 0 amide bonds. The number of anilines is 3. The Hall–Kier alpha value is -2.23. The minimum Gasteiger partial charge on any atom is -0.398 e. The highest BCUT2D eigenvalue weighted by Gasteiger charge is 2.08. The zero-order valence-electron chi connectivity index (χ0n) is 8.14. The maximum atomic E-state index is 5.85. The number of aromatic nitrogens is 1. The van der Waals surface area contributed by atoms with Crippen molar-refractivity contribution in [1.82, 2.24) is 4.98 Å². The number of nitrogens with zero attached hydrogens (tertiary/aromatic N) is 1. The van der Waals surface area contributed by atoms with Gasteiger partial charge in [0.05, 0.1) is 0 Å². The molecular weight excluding hydrogens is 188 g/mol. The van der Waals surface area contributed by atoms with E-state index >= 15 is 0 Å². The van der Waals surface area contributed by atoms with Crippen LogP contribution in [0.5, 0.6) is 0 Å². The van der Waals surface area contributed by atoms with Gasteiger partial charge >= 0.3 is 0 Å². The fourth-order valence-electron chi connectivity index (χ4n) is 1.53. The Morgan fingerprint density at radius 3 is 2.20 bits per heavy atom. The monoisotopic (exact) mass is 200 g/mol. The molecule has 0 atom stereocenters. The molecule has 0 saturated carbocycles. The van der Waals surface area contributed by atoms with E-state index in [-0.39, 0.29) is 0 Å². The molecule has 2 rings (SSSR count). The summed E-state index contributed by atoms with van der Waals surface area (Å²) in [5.74, 6) is 0.698. The molecule has 0 aliphatic heterocycles. The molecule has 0 spiro atoms. The fraction of sp³-hybridized carbons (Fsp3) is 0. The Kier molecular flexibility index (Phi) is 2.17. The van der Waals surface area contributed by atoms with Gasteiger partial charge in [-0.05, 0) is 5.56 Å². The highest BCUT2D eigenvalue weighted by Crippen LogP contribution is 2.31. The van der Waals surface area contributed by atoms with E-state index in [1.165, 1.54) is 0 Å². The molecule has 0 fully saturated rings. The molecule has 2 aromatic rings. The first kappa shape index (κ1) is 9.33. The summed E-state index contributed by atoms with van der Waals surface area (Å²) in [6.07, 6.45) is 0. The molecule has 4 heteroatoms. The minimum atomic E-state index is 0.338. The van der Waals surface area contributed by atoms with E-state index in [0.717, 1.165) is 11.1 Å². The van der Waals surface area contributed by atoms with E-state index < -0.39 is 0 Å². The van der Waals surface area contributed by atoms with Crippen LogP contribution in [0.25, 0.3) is 11.1 Å². The Morgan fingerprint density at radius 2 is 1.60 bits per heavy atom. The van der Waals surface area contributed by atoms with Crippen LogP contribution in [-0.4, -0.2) is 4.98 Å². The third kappa shape index (κ3) is 1.69. The van der Waals surface area contributed by atoms with E-state index in [1.54, 1.807) is 6.07 Å². The van der Waals surface area contributed by atoms with Crippen LogP contribution in [-0.2, 0) is 0 Å². The number of hydrogen-bond acceptors (Lipinski definition) is 4. The third-order valence-electron chi connectivity index (χ3n) is 2.16. The molecule has 0 saturated heterocycles. The molecule has 15 heavy (non-hydrogen) atoms. The molecule has 0 bridgehead atoms. The van der Waals surface area contributed by atoms with Gasteiger partial charge in [-0.1, -0.05) is 30.3 Å². The molecule has 76 valence electrons. The summed E-state index contributed by atoms with van der Waals surface area (Å²) in [5.41, 5.74) is 19.4. The normalized spacial score (nSPS) is 10.1. The largest absolute Gasteiger partial charge is 0.398 e. The Balaban J connectivity index is 2.64. The lowest BCUT2D eigenvalue weighted by Crippen LogP contribution is -2.02. The first-order valence-electron chi connectivity index (χ1n) is 4.55. The Labute approximate surface area is 87.7 Å². The summed E-state index contributed by atoms with van der Waals surface area (Å²) < 4.78 is 0. The van der Waals surface area contributed by atoms with Crippen LogP contribution in [0, 0.1) is 0 Å². The van der Waals surface area contributed by atoms with Crippen molar-refractivity contribution in [3.8, 4) is 11.1 Å². The van der Waals surface area contributed by atoms with Crippen molar-refractivity contribution in [2.75, 3.05) is 17.2 Å². The van der Waals surface area contributed by atoms with Gasteiger partial charge in [0.15, 0.2) is 0 Å². The fourth-order valence-corrected chi connectivity index (χ4v) is 1.53. The summed E-state index contributed by atoms with van der Waals surface area (Å²) >= 11 is 0. The second kappa shape index (κ2) is 3.49. The molecule has 4 nitrogen and oxygen atoms in total. The molecule has 1 heterocycles. The summed E-state index contributed by atoms with van der Waals surface area (Å²) in [5, 5.41) is 0. The Morgan fingerprint density at radius 1 is 0.933 bits per heavy atom. The topological polar surface area (TPSA) is 91.0 Å². The Bertz CT molecular complexity index is 456. The van der Waals surface area contributed by atoms with Crippen molar-refractivity contribution < 1.29 is 0 Å². The van der Waals surface area contributed by atoms with Gasteiger partial charge in [0, 0.05) is 17.3 Å². The van der Waals surface area contributed by atoms with Crippen molar-refractivity contribution in [3.63, 3.8) is 0 Å². The lowest BCUT2D eigenvalue weighted by molar-refractivity contribution is 1.34. The van der Waals surface area contributed by atoms with Crippen LogP contribution in [0.4, 0.5) is 17.3 Å². The van der Waals surface area contributed by atoms with Gasteiger partial charge in [-0.3, -0.25) is 0 Å². The molecule has 1 aromatic carbocycles. The first-order valence-corrected chi connectivity index (χ1v) is 4.55. The van der Waals surface area contributed by atoms with Gasteiger partial charge in [-0.25, -0.2) is 4.98 Å². The smallest absolute Gasteiger partial charge is 0.135 e. The van der Waals surface area contributed by atoms with E-state index in [2.05, 4.69) is 4.98 Å². The van der Waals surface area contributed by atoms with Crippen molar-refractivity contribution in [1.29, 1.82) is 0 Å². The van der Waals surface area contributed by atoms with Crippen molar-refractivity contribution in [3.05, 3.63) is 36.4 Å². The highest BCUT2D eigenvalue weighted by atomic mass is 14.9. The molecule has 1 aromatic heterocycles. The van der Waals surface area contributed by atoms with E-state index in [9.17, 15) is 0 Å². The second-order valence-corrected chi connectivity index (χ2v) is 3.26. The number of hydrogen-bond donors (Lipinski definition) is 3. The van der Waals surface area contributed by atoms with Crippen LogP contribution in [0.2, 0.25) is 0 Å². The zero-order valence-corrected chi connectivity index (χ0v) is 8.14. The standard InChI is InChI=1S/C11H12N4/c12-8-6-9(13)15-11(14)10(8)7-4-2-1-3-5-7/h1-6H,(H6,12,13,14,15). The highest BCUT2D eigenvalue weighted by molar-refractivity contribution is 5.85. The maximum Gasteiger partial charge on any atom is 0.135 e. The van der Waals surface area contributed by atoms with E-state index in [4.69, 9.17) is 17.2 Å². The predicted octanol–water partition coefficient (Wildman–Crippen LogP) is 1.50. The first-order chi connectivity index (χ1) is 7.18. The molecule has 0 unspecified atom stereocenters. The van der Waals surface area contributed by atoms with Gasteiger partial charge in [-0.15, -0.1) is 0 Å². The molecular formula is C11H12N4. The number of benzene rings is 1. The molecule has 0 aliphatic rings. The van der Waals surface area contributed by atoms with Gasteiger partial charge in [-0.2, -0.15) is 0 Å². The van der Waals surface area contributed by atoms with Crippen LogP contribution in [0.3, 0.4) is 0 Å². The van der Waals surface area contributed by atoms with Gasteiger partial charge in [0.25, 0.3) is 0 Å². The van der Waals surface area contributed by atoms with E-state index in [1.807, 2.05) is 30.3 Å². The van der Waals surface area contributed by atoms with Gasteiger partial charge in [0.2, 0.25) is 0 Å². The number of nitrogen functional groups attached to an aromatic ring is 3. The lowest BCUT2D eigenvalue weighted by Gasteiger charge is -2.09.